The second-order valence-electron chi connectivity index (χ2n) is 4.80. The van der Waals surface area contributed by atoms with Crippen molar-refractivity contribution in [1.29, 1.82) is 0 Å². The molecule has 1 amide bonds. The first kappa shape index (κ1) is 12.4. The minimum atomic E-state index is -0.252. The topological polar surface area (TPSA) is 55.1 Å². The van der Waals surface area contributed by atoms with Gasteiger partial charge in [-0.2, -0.15) is 0 Å². The molecule has 0 aromatic heterocycles. The largest absolute Gasteiger partial charge is 0.352 e. The molecule has 0 radical (unpaired) electrons. The van der Waals surface area contributed by atoms with Crippen LogP contribution in [0.2, 0.25) is 5.02 Å². The van der Waals surface area contributed by atoms with Crippen molar-refractivity contribution < 1.29 is 4.79 Å². The Hall–Kier alpha value is -1.06. The average molecular weight is 253 g/mol. The van der Waals surface area contributed by atoms with Crippen LogP contribution >= 0.6 is 11.6 Å². The predicted molar refractivity (Wildman–Crippen MR) is 68.7 cm³/mol. The van der Waals surface area contributed by atoms with Gasteiger partial charge in [-0.15, -0.1) is 0 Å². The minimum Gasteiger partial charge on any atom is -0.352 e. The maximum absolute atomic E-state index is 11.7. The van der Waals surface area contributed by atoms with Crippen molar-refractivity contribution in [3.63, 3.8) is 0 Å². The molecular formula is C13H17ClN2O. The van der Waals surface area contributed by atoms with Crippen molar-refractivity contribution in [1.82, 2.24) is 5.32 Å². The summed E-state index contributed by atoms with van der Waals surface area (Å²) in [5.41, 5.74) is 6.77. The third-order valence-electron chi connectivity index (χ3n) is 3.24. The maximum atomic E-state index is 11.7. The molecule has 0 unspecified atom stereocenters. The van der Waals surface area contributed by atoms with Crippen molar-refractivity contribution in [3.05, 3.63) is 34.9 Å². The van der Waals surface area contributed by atoms with Gasteiger partial charge in [-0.05, 0) is 37.0 Å². The first-order valence-corrected chi connectivity index (χ1v) is 6.25. The molecule has 2 rings (SSSR count). The molecule has 1 aliphatic carbocycles. The number of nitrogens with two attached hydrogens (primary N) is 1. The molecule has 1 aromatic carbocycles. The zero-order valence-electron chi connectivity index (χ0n) is 9.71. The predicted octanol–water partition coefficient (Wildman–Crippen LogP) is 2.23. The van der Waals surface area contributed by atoms with E-state index in [4.69, 9.17) is 17.3 Å². The number of carbonyl (C=O) groups is 1. The number of nitrogens with one attached hydrogen (secondary N) is 1. The summed E-state index contributed by atoms with van der Waals surface area (Å²) >= 11 is 5.87. The number of hydrogen-bond acceptors (Lipinski definition) is 2. The average Bonchev–Trinajstić information content (AvgIpc) is 2.24. The Morgan fingerprint density at radius 2 is 2.24 bits per heavy atom. The Morgan fingerprint density at radius 3 is 2.82 bits per heavy atom. The number of amides is 1. The summed E-state index contributed by atoms with van der Waals surface area (Å²) in [5, 5.41) is 3.56. The van der Waals surface area contributed by atoms with E-state index in [0.717, 1.165) is 24.8 Å². The van der Waals surface area contributed by atoms with E-state index in [1.807, 2.05) is 24.3 Å². The normalized spacial score (nSPS) is 17.3. The second-order valence-corrected chi connectivity index (χ2v) is 5.24. The molecule has 0 spiro atoms. The Balaban J connectivity index is 1.80. The summed E-state index contributed by atoms with van der Waals surface area (Å²) in [6.45, 7) is 0.509. The zero-order valence-corrected chi connectivity index (χ0v) is 10.5. The van der Waals surface area contributed by atoms with Crippen LogP contribution in [0.4, 0.5) is 0 Å². The molecule has 0 saturated heterocycles. The monoisotopic (exact) mass is 252 g/mol. The van der Waals surface area contributed by atoms with Gasteiger partial charge in [0.2, 0.25) is 5.91 Å². The zero-order chi connectivity index (χ0) is 12.3. The standard InChI is InChI=1S/C13H17ClN2O/c14-11-4-1-3-10(7-11)9-16-12(17)8-13(15)5-2-6-13/h1,3-4,7H,2,5-6,8-9,15H2,(H,16,17). The smallest absolute Gasteiger partial charge is 0.222 e. The summed E-state index contributed by atoms with van der Waals surface area (Å²) in [5.74, 6) is 0.0205. The van der Waals surface area contributed by atoms with E-state index in [2.05, 4.69) is 5.32 Å². The van der Waals surface area contributed by atoms with E-state index < -0.39 is 0 Å². The van der Waals surface area contributed by atoms with Gasteiger partial charge in [0.1, 0.15) is 0 Å². The number of carbonyl (C=O) groups excluding carboxylic acids is 1. The van der Waals surface area contributed by atoms with Crippen molar-refractivity contribution >= 4 is 17.5 Å². The summed E-state index contributed by atoms with van der Waals surface area (Å²) in [7, 11) is 0. The van der Waals surface area contributed by atoms with E-state index in [0.29, 0.717) is 18.0 Å². The molecule has 1 aliphatic rings. The van der Waals surface area contributed by atoms with Gasteiger partial charge in [-0.1, -0.05) is 23.7 Å². The summed E-state index contributed by atoms with van der Waals surface area (Å²) in [6, 6.07) is 7.48. The lowest BCUT2D eigenvalue weighted by atomic mass is 9.75. The SMILES string of the molecule is NC1(CC(=O)NCc2cccc(Cl)c2)CCC1. The molecule has 1 saturated carbocycles. The van der Waals surface area contributed by atoms with Crippen molar-refractivity contribution in [2.24, 2.45) is 5.73 Å². The molecule has 3 N–H and O–H groups in total. The van der Waals surface area contributed by atoms with Gasteiger partial charge in [0.25, 0.3) is 0 Å². The quantitative estimate of drug-likeness (QED) is 0.864. The van der Waals surface area contributed by atoms with E-state index in [1.54, 1.807) is 0 Å². The van der Waals surface area contributed by atoms with Crippen LogP contribution in [0.3, 0.4) is 0 Å². The number of rotatable bonds is 4. The first-order valence-electron chi connectivity index (χ1n) is 5.87. The van der Waals surface area contributed by atoms with Gasteiger partial charge in [-0.25, -0.2) is 0 Å². The first-order chi connectivity index (χ1) is 8.07. The Bertz CT molecular complexity index is 416. The van der Waals surface area contributed by atoms with Gasteiger partial charge in [0.15, 0.2) is 0 Å². The minimum absolute atomic E-state index is 0.0205. The maximum Gasteiger partial charge on any atom is 0.222 e. The summed E-state index contributed by atoms with van der Waals surface area (Å²) < 4.78 is 0. The summed E-state index contributed by atoms with van der Waals surface area (Å²) in [6.07, 6.45) is 3.47. The van der Waals surface area contributed by atoms with Crippen LogP contribution in [0, 0.1) is 0 Å². The molecule has 0 bridgehead atoms. The van der Waals surface area contributed by atoms with Crippen LogP contribution < -0.4 is 11.1 Å². The molecule has 4 heteroatoms. The fourth-order valence-electron chi connectivity index (χ4n) is 2.04. The van der Waals surface area contributed by atoms with Crippen LogP contribution in [0.25, 0.3) is 0 Å². The fraction of sp³-hybridized carbons (Fsp3) is 0.462. The van der Waals surface area contributed by atoms with Gasteiger partial charge < -0.3 is 11.1 Å². The molecule has 0 aliphatic heterocycles. The van der Waals surface area contributed by atoms with Crippen LogP contribution in [0.1, 0.15) is 31.2 Å². The molecule has 0 atom stereocenters. The van der Waals surface area contributed by atoms with Gasteiger partial charge >= 0.3 is 0 Å². The lowest BCUT2D eigenvalue weighted by Crippen LogP contribution is -2.49. The van der Waals surface area contributed by atoms with E-state index in [-0.39, 0.29) is 11.4 Å². The molecule has 3 nitrogen and oxygen atoms in total. The third-order valence-corrected chi connectivity index (χ3v) is 3.48. The van der Waals surface area contributed by atoms with E-state index in [1.165, 1.54) is 0 Å². The molecule has 0 heterocycles. The number of halogens is 1. The Kier molecular flexibility index (Phi) is 3.69. The van der Waals surface area contributed by atoms with E-state index >= 15 is 0 Å². The van der Waals surface area contributed by atoms with Gasteiger partial charge in [0, 0.05) is 23.5 Å². The van der Waals surface area contributed by atoms with E-state index in [9.17, 15) is 4.79 Å². The fourth-order valence-corrected chi connectivity index (χ4v) is 2.25. The van der Waals surface area contributed by atoms with Crippen molar-refractivity contribution in [2.45, 2.75) is 37.8 Å². The van der Waals surface area contributed by atoms with Gasteiger partial charge in [0.05, 0.1) is 0 Å². The Labute approximate surface area is 106 Å². The van der Waals surface area contributed by atoms with Crippen LogP contribution in [0.5, 0.6) is 0 Å². The molecule has 1 fully saturated rings. The molecule has 17 heavy (non-hydrogen) atoms. The molecule has 92 valence electrons. The van der Waals surface area contributed by atoms with Crippen LogP contribution in [-0.4, -0.2) is 11.4 Å². The highest BCUT2D eigenvalue weighted by Crippen LogP contribution is 2.31. The molecule has 1 aromatic rings. The number of hydrogen-bond donors (Lipinski definition) is 2. The second kappa shape index (κ2) is 5.07. The summed E-state index contributed by atoms with van der Waals surface area (Å²) in [4.78, 5) is 11.7. The molecular weight excluding hydrogens is 236 g/mol. The lowest BCUT2D eigenvalue weighted by Gasteiger charge is -2.37. The highest BCUT2D eigenvalue weighted by Gasteiger charge is 2.34. The van der Waals surface area contributed by atoms with Gasteiger partial charge in [-0.3, -0.25) is 4.79 Å². The number of benzene rings is 1. The lowest BCUT2D eigenvalue weighted by molar-refractivity contribution is -0.123. The Morgan fingerprint density at radius 1 is 1.47 bits per heavy atom. The highest BCUT2D eigenvalue weighted by atomic mass is 35.5. The van der Waals surface area contributed by atoms with Crippen molar-refractivity contribution in [2.75, 3.05) is 0 Å². The van der Waals surface area contributed by atoms with Crippen LogP contribution in [0.15, 0.2) is 24.3 Å². The van der Waals surface area contributed by atoms with Crippen LogP contribution in [-0.2, 0) is 11.3 Å². The third kappa shape index (κ3) is 3.45. The highest BCUT2D eigenvalue weighted by molar-refractivity contribution is 6.30. The van der Waals surface area contributed by atoms with Crippen molar-refractivity contribution in [3.8, 4) is 0 Å².